The fourth-order valence-corrected chi connectivity index (χ4v) is 2.59. The van der Waals surface area contributed by atoms with E-state index < -0.39 is 0 Å². The highest BCUT2D eigenvalue weighted by Gasteiger charge is 2.22. The summed E-state index contributed by atoms with van der Waals surface area (Å²) in [5, 5.41) is 6.53. The summed E-state index contributed by atoms with van der Waals surface area (Å²) < 4.78 is 0. The number of nitrogen functional groups attached to an aromatic ring is 1. The first-order valence-corrected chi connectivity index (χ1v) is 7.09. The number of rotatable bonds is 6. The molecule has 6 heteroatoms. The summed E-state index contributed by atoms with van der Waals surface area (Å²) >= 11 is 0. The van der Waals surface area contributed by atoms with Crippen molar-refractivity contribution in [3.8, 4) is 0 Å². The van der Waals surface area contributed by atoms with E-state index in [1.54, 1.807) is 0 Å². The van der Waals surface area contributed by atoms with Gasteiger partial charge in [0.05, 0.1) is 0 Å². The van der Waals surface area contributed by atoms with Crippen molar-refractivity contribution in [3.63, 3.8) is 0 Å². The van der Waals surface area contributed by atoms with Gasteiger partial charge in [0.15, 0.2) is 0 Å². The van der Waals surface area contributed by atoms with E-state index in [-0.39, 0.29) is 0 Å². The Morgan fingerprint density at radius 2 is 2.05 bits per heavy atom. The van der Waals surface area contributed by atoms with E-state index >= 15 is 0 Å². The molecule has 2 rings (SSSR count). The van der Waals surface area contributed by atoms with Gasteiger partial charge >= 0.3 is 0 Å². The third-order valence-electron chi connectivity index (χ3n) is 3.53. The number of aromatic nitrogens is 2. The molecule has 0 bridgehead atoms. The van der Waals surface area contributed by atoms with Crippen LogP contribution in [0.2, 0.25) is 0 Å². The van der Waals surface area contributed by atoms with Crippen LogP contribution in [-0.4, -0.2) is 47.1 Å². The zero-order valence-electron chi connectivity index (χ0n) is 11.8. The Morgan fingerprint density at radius 3 is 2.74 bits per heavy atom. The molecule has 1 fully saturated rings. The van der Waals surface area contributed by atoms with Gasteiger partial charge in [-0.15, -0.1) is 0 Å². The second-order valence-electron chi connectivity index (χ2n) is 4.83. The lowest BCUT2D eigenvalue weighted by atomic mass is 10.2. The summed E-state index contributed by atoms with van der Waals surface area (Å²) in [6.45, 7) is 8.30. The van der Waals surface area contributed by atoms with Crippen LogP contribution in [0.3, 0.4) is 0 Å². The predicted octanol–water partition coefficient (Wildman–Crippen LogP) is 1.39. The summed E-state index contributed by atoms with van der Waals surface area (Å²) in [4.78, 5) is 10.9. The van der Waals surface area contributed by atoms with Crippen molar-refractivity contribution < 1.29 is 0 Å². The Hall–Kier alpha value is -1.56. The van der Waals surface area contributed by atoms with Gasteiger partial charge in [0, 0.05) is 25.2 Å². The van der Waals surface area contributed by atoms with Crippen LogP contribution >= 0.6 is 0 Å². The number of nitrogens with one attached hydrogen (secondary N) is 2. The lowest BCUT2D eigenvalue weighted by Gasteiger charge is -2.23. The van der Waals surface area contributed by atoms with Gasteiger partial charge in [-0.05, 0) is 32.9 Å². The van der Waals surface area contributed by atoms with Crippen molar-refractivity contribution in [2.24, 2.45) is 0 Å². The largest absolute Gasteiger partial charge is 0.370 e. The summed E-state index contributed by atoms with van der Waals surface area (Å²) in [7, 11) is 0. The van der Waals surface area contributed by atoms with Crippen LogP contribution in [-0.2, 0) is 0 Å². The highest BCUT2D eigenvalue weighted by molar-refractivity contribution is 5.51. The molecule has 1 aliphatic rings. The average molecular weight is 264 g/mol. The molecule has 106 valence electrons. The molecule has 1 aromatic heterocycles. The molecule has 19 heavy (non-hydrogen) atoms. The lowest BCUT2D eigenvalue weighted by molar-refractivity contribution is 0.277. The quantitative estimate of drug-likeness (QED) is 0.720. The molecule has 1 unspecified atom stereocenters. The highest BCUT2D eigenvalue weighted by Crippen LogP contribution is 2.18. The van der Waals surface area contributed by atoms with Crippen molar-refractivity contribution in [1.29, 1.82) is 0 Å². The zero-order chi connectivity index (χ0) is 13.7. The van der Waals surface area contributed by atoms with Crippen molar-refractivity contribution in [2.75, 3.05) is 42.5 Å². The molecule has 1 aromatic rings. The maximum Gasteiger partial charge on any atom is 0.223 e. The number of hydrogen-bond acceptors (Lipinski definition) is 6. The predicted molar refractivity (Wildman–Crippen MR) is 79.4 cm³/mol. The minimum absolute atomic E-state index is 0.305. The van der Waals surface area contributed by atoms with Crippen molar-refractivity contribution in [2.45, 2.75) is 32.7 Å². The molecule has 0 amide bonds. The average Bonchev–Trinajstić information content (AvgIpc) is 2.83. The van der Waals surface area contributed by atoms with E-state index in [0.29, 0.717) is 12.0 Å². The molecular formula is C13H24N6. The van der Waals surface area contributed by atoms with Crippen LogP contribution in [0.25, 0.3) is 0 Å². The molecule has 1 saturated heterocycles. The minimum Gasteiger partial charge on any atom is -0.370 e. The van der Waals surface area contributed by atoms with Gasteiger partial charge in [0.25, 0.3) is 0 Å². The molecule has 0 radical (unpaired) electrons. The molecule has 4 N–H and O–H groups in total. The third-order valence-corrected chi connectivity index (χ3v) is 3.53. The number of likely N-dealkylation sites (tertiary alicyclic amines) is 1. The normalized spacial score (nSPS) is 19.6. The van der Waals surface area contributed by atoms with Crippen LogP contribution in [0.4, 0.5) is 17.6 Å². The Kier molecular flexibility index (Phi) is 4.79. The van der Waals surface area contributed by atoms with Gasteiger partial charge in [-0.3, -0.25) is 4.90 Å². The van der Waals surface area contributed by atoms with Crippen LogP contribution in [0.1, 0.15) is 26.7 Å². The van der Waals surface area contributed by atoms with Crippen LogP contribution < -0.4 is 16.4 Å². The van der Waals surface area contributed by atoms with Crippen LogP contribution in [0.15, 0.2) is 6.07 Å². The van der Waals surface area contributed by atoms with E-state index in [9.17, 15) is 0 Å². The van der Waals surface area contributed by atoms with Crippen molar-refractivity contribution in [1.82, 2.24) is 14.9 Å². The molecule has 1 aliphatic heterocycles. The van der Waals surface area contributed by atoms with Crippen molar-refractivity contribution in [3.05, 3.63) is 6.07 Å². The van der Waals surface area contributed by atoms with Crippen LogP contribution in [0.5, 0.6) is 0 Å². The second kappa shape index (κ2) is 6.56. The standard InChI is InChI=1S/C13H24N6/c1-3-15-11-8-12(18-13(14)17-11)16-9-10-6-5-7-19(10)4-2/h8,10H,3-7,9H2,1-2H3,(H4,14,15,16,17,18). The Bertz CT molecular complexity index is 408. The molecule has 1 atom stereocenters. The number of anilines is 3. The fraction of sp³-hybridized carbons (Fsp3) is 0.692. The molecule has 0 spiro atoms. The first-order chi connectivity index (χ1) is 9.22. The first-order valence-electron chi connectivity index (χ1n) is 7.09. The van der Waals surface area contributed by atoms with Gasteiger partial charge < -0.3 is 16.4 Å². The SMILES string of the molecule is CCNc1cc(NCC2CCCN2CC)nc(N)n1. The van der Waals surface area contributed by atoms with E-state index in [2.05, 4.69) is 32.4 Å². The Labute approximate surface area is 114 Å². The maximum absolute atomic E-state index is 5.71. The number of hydrogen-bond donors (Lipinski definition) is 3. The van der Waals surface area contributed by atoms with E-state index in [1.807, 2.05) is 13.0 Å². The molecule has 2 heterocycles. The van der Waals surface area contributed by atoms with Gasteiger partial charge in [-0.2, -0.15) is 9.97 Å². The zero-order valence-corrected chi connectivity index (χ0v) is 11.8. The third kappa shape index (κ3) is 3.70. The number of nitrogens with two attached hydrogens (primary N) is 1. The summed E-state index contributed by atoms with van der Waals surface area (Å²) in [6, 6.07) is 2.51. The first kappa shape index (κ1) is 13.9. The maximum atomic E-state index is 5.71. The van der Waals surface area contributed by atoms with Gasteiger partial charge in [0.1, 0.15) is 11.6 Å². The smallest absolute Gasteiger partial charge is 0.223 e. The monoisotopic (exact) mass is 264 g/mol. The van der Waals surface area contributed by atoms with E-state index in [0.717, 1.165) is 31.3 Å². The highest BCUT2D eigenvalue weighted by atomic mass is 15.2. The summed E-state index contributed by atoms with van der Waals surface area (Å²) in [5.41, 5.74) is 5.71. The molecule has 0 aromatic carbocycles. The second-order valence-corrected chi connectivity index (χ2v) is 4.83. The number of nitrogens with zero attached hydrogens (tertiary/aromatic N) is 3. The molecule has 6 nitrogen and oxygen atoms in total. The summed E-state index contributed by atoms with van der Waals surface area (Å²) in [6.07, 6.45) is 2.54. The summed E-state index contributed by atoms with van der Waals surface area (Å²) in [5.74, 6) is 1.88. The molecule has 0 saturated carbocycles. The molecule has 0 aliphatic carbocycles. The Balaban J connectivity index is 1.95. The Morgan fingerprint density at radius 1 is 1.32 bits per heavy atom. The number of likely N-dealkylation sites (N-methyl/N-ethyl adjacent to an activating group) is 1. The van der Waals surface area contributed by atoms with E-state index in [1.165, 1.54) is 19.4 Å². The fourth-order valence-electron chi connectivity index (χ4n) is 2.59. The van der Waals surface area contributed by atoms with Gasteiger partial charge in [0.2, 0.25) is 5.95 Å². The lowest BCUT2D eigenvalue weighted by Crippen LogP contribution is -2.34. The topological polar surface area (TPSA) is 79.1 Å². The van der Waals surface area contributed by atoms with E-state index in [4.69, 9.17) is 5.73 Å². The minimum atomic E-state index is 0.305. The van der Waals surface area contributed by atoms with Crippen molar-refractivity contribution >= 4 is 17.6 Å². The van der Waals surface area contributed by atoms with Gasteiger partial charge in [-0.1, -0.05) is 6.92 Å². The van der Waals surface area contributed by atoms with Crippen LogP contribution in [0, 0.1) is 0 Å². The molecular weight excluding hydrogens is 240 g/mol. The van der Waals surface area contributed by atoms with Gasteiger partial charge in [-0.25, -0.2) is 0 Å².